The van der Waals surface area contributed by atoms with Crippen molar-refractivity contribution in [1.82, 2.24) is 15.1 Å². The first-order valence-corrected chi connectivity index (χ1v) is 6.20. The maximum Gasteiger partial charge on any atom is 0.0492 e. The molecule has 0 radical (unpaired) electrons. The molecule has 0 fully saturated rings. The van der Waals surface area contributed by atoms with Crippen molar-refractivity contribution in [3.8, 4) is 0 Å². The van der Waals surface area contributed by atoms with Gasteiger partial charge < -0.3 is 5.32 Å². The fourth-order valence-corrected chi connectivity index (χ4v) is 1.73. The number of alkyl halides is 1. The Bertz CT molecular complexity index is 247. The van der Waals surface area contributed by atoms with Gasteiger partial charge in [-0.2, -0.15) is 5.10 Å². The zero-order valence-corrected chi connectivity index (χ0v) is 10.3. The van der Waals surface area contributed by atoms with Gasteiger partial charge in [0.1, 0.15) is 0 Å². The quantitative estimate of drug-likeness (QED) is 0.597. The highest BCUT2D eigenvalue weighted by atomic mass is 79.9. The van der Waals surface area contributed by atoms with E-state index in [0.717, 1.165) is 24.8 Å². The molecule has 0 aliphatic rings. The molecule has 0 aliphatic heterocycles. The lowest BCUT2D eigenvalue weighted by Crippen LogP contribution is -2.19. The van der Waals surface area contributed by atoms with Crippen LogP contribution in [0, 0.1) is 0 Å². The van der Waals surface area contributed by atoms with Crippen molar-refractivity contribution in [2.24, 2.45) is 7.05 Å². The lowest BCUT2D eigenvalue weighted by molar-refractivity contribution is 0.620. The van der Waals surface area contributed by atoms with Gasteiger partial charge in [-0.05, 0) is 25.5 Å². The van der Waals surface area contributed by atoms with Crippen LogP contribution in [0.25, 0.3) is 0 Å². The summed E-state index contributed by atoms with van der Waals surface area (Å²) in [5.74, 6) is 0. The highest BCUT2D eigenvalue weighted by Gasteiger charge is 1.96. The molecule has 0 bridgehead atoms. The largest absolute Gasteiger partial charge is 0.316 e. The molecule has 1 aromatic rings. The van der Waals surface area contributed by atoms with Crippen molar-refractivity contribution in [3.05, 3.63) is 18.0 Å². The van der Waals surface area contributed by atoms with Crippen LogP contribution in [-0.4, -0.2) is 28.2 Å². The van der Waals surface area contributed by atoms with Crippen LogP contribution in [-0.2, 0) is 13.5 Å². The maximum absolute atomic E-state index is 4.13. The number of hydrogen-bond donors (Lipinski definition) is 1. The highest BCUT2D eigenvalue weighted by molar-refractivity contribution is 9.09. The molecular formula is C10H18BrN3. The summed E-state index contributed by atoms with van der Waals surface area (Å²) in [7, 11) is 1.99. The van der Waals surface area contributed by atoms with Gasteiger partial charge in [0.15, 0.2) is 0 Å². The van der Waals surface area contributed by atoms with E-state index in [-0.39, 0.29) is 0 Å². The molecule has 0 atom stereocenters. The van der Waals surface area contributed by atoms with E-state index in [1.165, 1.54) is 18.5 Å². The first-order valence-electron chi connectivity index (χ1n) is 5.08. The first-order chi connectivity index (χ1) is 6.84. The van der Waals surface area contributed by atoms with Gasteiger partial charge in [0, 0.05) is 37.2 Å². The third-order valence-corrected chi connectivity index (χ3v) is 2.78. The van der Waals surface area contributed by atoms with Crippen molar-refractivity contribution in [2.75, 3.05) is 18.4 Å². The predicted octanol–water partition coefficient (Wildman–Crippen LogP) is 1.73. The predicted molar refractivity (Wildman–Crippen MR) is 62.8 cm³/mol. The molecule has 80 valence electrons. The standard InChI is InChI=1S/C10H18BrN3/c1-14-10(5-9-13-14)4-8-12-7-3-2-6-11/h5,9,12H,2-4,6-8H2,1H3. The summed E-state index contributed by atoms with van der Waals surface area (Å²) in [5.41, 5.74) is 1.29. The number of hydrogen-bond acceptors (Lipinski definition) is 2. The topological polar surface area (TPSA) is 29.9 Å². The zero-order chi connectivity index (χ0) is 10.2. The fraction of sp³-hybridized carbons (Fsp3) is 0.700. The van der Waals surface area contributed by atoms with Crippen molar-refractivity contribution in [2.45, 2.75) is 19.3 Å². The third-order valence-electron chi connectivity index (χ3n) is 2.22. The molecule has 1 N–H and O–H groups in total. The van der Waals surface area contributed by atoms with Crippen molar-refractivity contribution >= 4 is 15.9 Å². The molecule has 1 rings (SSSR count). The Morgan fingerprint density at radius 3 is 2.93 bits per heavy atom. The minimum Gasteiger partial charge on any atom is -0.316 e. The molecule has 0 saturated carbocycles. The average molecular weight is 260 g/mol. The molecule has 0 unspecified atom stereocenters. The smallest absolute Gasteiger partial charge is 0.0492 e. The van der Waals surface area contributed by atoms with Crippen molar-refractivity contribution < 1.29 is 0 Å². The Morgan fingerprint density at radius 2 is 2.29 bits per heavy atom. The monoisotopic (exact) mass is 259 g/mol. The molecule has 3 nitrogen and oxygen atoms in total. The molecule has 0 amide bonds. The number of rotatable bonds is 7. The summed E-state index contributed by atoms with van der Waals surface area (Å²) in [6.45, 7) is 2.16. The van der Waals surface area contributed by atoms with Crippen LogP contribution in [0.4, 0.5) is 0 Å². The van der Waals surface area contributed by atoms with E-state index < -0.39 is 0 Å². The molecule has 0 aliphatic carbocycles. The van der Waals surface area contributed by atoms with E-state index in [0.29, 0.717) is 0 Å². The lowest BCUT2D eigenvalue weighted by Gasteiger charge is -2.04. The number of nitrogens with one attached hydrogen (secondary N) is 1. The summed E-state index contributed by atoms with van der Waals surface area (Å²) in [5, 5.41) is 8.66. The van der Waals surface area contributed by atoms with Gasteiger partial charge >= 0.3 is 0 Å². The molecule has 0 spiro atoms. The zero-order valence-electron chi connectivity index (χ0n) is 8.67. The molecule has 1 heterocycles. The van der Waals surface area contributed by atoms with E-state index in [1.807, 2.05) is 17.9 Å². The van der Waals surface area contributed by atoms with Crippen LogP contribution in [0.1, 0.15) is 18.5 Å². The van der Waals surface area contributed by atoms with Crippen LogP contribution in [0.5, 0.6) is 0 Å². The third kappa shape index (κ3) is 4.24. The second-order valence-corrected chi connectivity index (χ2v) is 4.14. The van der Waals surface area contributed by atoms with Crippen LogP contribution in [0.15, 0.2) is 12.3 Å². The summed E-state index contributed by atoms with van der Waals surface area (Å²) < 4.78 is 1.93. The van der Waals surface area contributed by atoms with Gasteiger partial charge in [0.05, 0.1) is 0 Å². The normalized spacial score (nSPS) is 10.7. The number of nitrogens with zero attached hydrogens (tertiary/aromatic N) is 2. The van der Waals surface area contributed by atoms with E-state index in [9.17, 15) is 0 Å². The van der Waals surface area contributed by atoms with Gasteiger partial charge in [-0.1, -0.05) is 15.9 Å². The Kier molecular flexibility index (Phi) is 5.87. The minimum atomic E-state index is 1.04. The maximum atomic E-state index is 4.13. The van der Waals surface area contributed by atoms with E-state index in [2.05, 4.69) is 32.4 Å². The van der Waals surface area contributed by atoms with Crippen LogP contribution < -0.4 is 5.32 Å². The van der Waals surface area contributed by atoms with Crippen LogP contribution >= 0.6 is 15.9 Å². The number of unbranched alkanes of at least 4 members (excludes halogenated alkanes) is 1. The number of halogens is 1. The summed E-state index contributed by atoms with van der Waals surface area (Å²) >= 11 is 3.42. The Balaban J connectivity index is 2.02. The summed E-state index contributed by atoms with van der Waals surface area (Å²) in [6, 6.07) is 2.07. The number of aryl methyl sites for hydroxylation is 1. The summed E-state index contributed by atoms with van der Waals surface area (Å²) in [6.07, 6.45) is 5.40. The second kappa shape index (κ2) is 7.01. The molecule has 1 aromatic heterocycles. The Morgan fingerprint density at radius 1 is 1.43 bits per heavy atom. The molecule has 0 aromatic carbocycles. The second-order valence-electron chi connectivity index (χ2n) is 3.34. The summed E-state index contributed by atoms with van der Waals surface area (Å²) in [4.78, 5) is 0. The van der Waals surface area contributed by atoms with Gasteiger partial charge in [-0.25, -0.2) is 0 Å². The van der Waals surface area contributed by atoms with Gasteiger partial charge in [-0.15, -0.1) is 0 Å². The fourth-order valence-electron chi connectivity index (χ4n) is 1.33. The highest BCUT2D eigenvalue weighted by Crippen LogP contribution is 1.96. The van der Waals surface area contributed by atoms with Gasteiger partial charge in [-0.3, -0.25) is 4.68 Å². The van der Waals surface area contributed by atoms with Gasteiger partial charge in [0.25, 0.3) is 0 Å². The lowest BCUT2D eigenvalue weighted by atomic mass is 10.3. The number of aromatic nitrogens is 2. The average Bonchev–Trinajstić information content (AvgIpc) is 2.58. The molecule has 4 heteroatoms. The van der Waals surface area contributed by atoms with Crippen LogP contribution in [0.2, 0.25) is 0 Å². The van der Waals surface area contributed by atoms with E-state index in [4.69, 9.17) is 0 Å². The first kappa shape index (κ1) is 11.7. The molecular weight excluding hydrogens is 242 g/mol. The van der Waals surface area contributed by atoms with Crippen molar-refractivity contribution in [3.63, 3.8) is 0 Å². The van der Waals surface area contributed by atoms with Crippen LogP contribution in [0.3, 0.4) is 0 Å². The van der Waals surface area contributed by atoms with E-state index >= 15 is 0 Å². The molecule has 14 heavy (non-hydrogen) atoms. The van der Waals surface area contributed by atoms with Crippen molar-refractivity contribution in [1.29, 1.82) is 0 Å². The Labute approximate surface area is 94.0 Å². The minimum absolute atomic E-state index is 1.04. The SMILES string of the molecule is Cn1nccc1CCNCCCCBr. The Hall–Kier alpha value is -0.350. The van der Waals surface area contributed by atoms with E-state index in [1.54, 1.807) is 0 Å². The molecule has 0 saturated heterocycles. The van der Waals surface area contributed by atoms with Gasteiger partial charge in [0.2, 0.25) is 0 Å².